The lowest BCUT2D eigenvalue weighted by atomic mass is 9.98. The summed E-state index contributed by atoms with van der Waals surface area (Å²) in [4.78, 5) is 24.7. The maximum absolute atomic E-state index is 12.7. The zero-order valence-electron chi connectivity index (χ0n) is 16.9. The van der Waals surface area contributed by atoms with Gasteiger partial charge >= 0.3 is 5.69 Å². The Hall–Kier alpha value is -3.81. The normalized spacial score (nSPS) is 11.0. The number of aromatic amines is 1. The first-order valence-corrected chi connectivity index (χ1v) is 9.88. The summed E-state index contributed by atoms with van der Waals surface area (Å²) in [6.45, 7) is 4.14. The number of carbonyl (C=O) groups excluding carboxylic acids is 1. The van der Waals surface area contributed by atoms with E-state index in [0.29, 0.717) is 25.2 Å². The van der Waals surface area contributed by atoms with Crippen molar-refractivity contribution in [2.75, 3.05) is 0 Å². The minimum Gasteiger partial charge on any atom is -0.292 e. The topological polar surface area (TPSA) is 98.5 Å². The van der Waals surface area contributed by atoms with Gasteiger partial charge in [0.15, 0.2) is 0 Å². The van der Waals surface area contributed by atoms with Crippen molar-refractivity contribution in [3.63, 3.8) is 0 Å². The Kier molecular flexibility index (Phi) is 5.38. The van der Waals surface area contributed by atoms with Crippen LogP contribution in [-0.4, -0.2) is 35.7 Å². The second-order valence-electron chi connectivity index (χ2n) is 6.94. The summed E-state index contributed by atoms with van der Waals surface area (Å²) in [5.74, 6) is 0.345. The molecule has 4 rings (SSSR count). The number of benzene rings is 2. The number of tetrazole rings is 1. The largest absolute Gasteiger partial charge is 0.335 e. The van der Waals surface area contributed by atoms with Gasteiger partial charge in [-0.15, -0.1) is 10.2 Å². The molecule has 30 heavy (non-hydrogen) atoms. The van der Waals surface area contributed by atoms with Crippen LogP contribution in [0.2, 0.25) is 0 Å². The molecule has 0 radical (unpaired) electrons. The van der Waals surface area contributed by atoms with Crippen LogP contribution >= 0.6 is 0 Å². The summed E-state index contributed by atoms with van der Waals surface area (Å²) in [7, 11) is 0. The van der Waals surface area contributed by atoms with Crippen molar-refractivity contribution in [3.8, 4) is 22.5 Å². The van der Waals surface area contributed by atoms with E-state index in [1.165, 1.54) is 4.57 Å². The Morgan fingerprint density at radius 1 is 1.03 bits per heavy atom. The molecule has 0 aliphatic carbocycles. The molecule has 0 saturated carbocycles. The first-order chi connectivity index (χ1) is 14.6. The Balaban J connectivity index is 1.65. The van der Waals surface area contributed by atoms with Gasteiger partial charge in [-0.05, 0) is 28.3 Å². The summed E-state index contributed by atoms with van der Waals surface area (Å²) in [5, 5.41) is 14.3. The van der Waals surface area contributed by atoms with Gasteiger partial charge in [0.2, 0.25) is 11.7 Å². The van der Waals surface area contributed by atoms with Gasteiger partial charge in [0.25, 0.3) is 0 Å². The number of H-pyrrole nitrogens is 1. The number of hydrogen-bond acceptors (Lipinski definition) is 5. The van der Waals surface area contributed by atoms with Gasteiger partial charge in [-0.2, -0.15) is 5.21 Å². The minimum absolute atomic E-state index is 0.193. The quantitative estimate of drug-likeness (QED) is 0.534. The van der Waals surface area contributed by atoms with Gasteiger partial charge < -0.3 is 0 Å². The van der Waals surface area contributed by atoms with Crippen molar-refractivity contribution >= 4 is 5.91 Å². The van der Waals surface area contributed by atoms with Gasteiger partial charge in [-0.3, -0.25) is 9.36 Å². The molecule has 8 nitrogen and oxygen atoms in total. The van der Waals surface area contributed by atoms with Crippen molar-refractivity contribution < 1.29 is 4.79 Å². The average Bonchev–Trinajstić information content (AvgIpc) is 3.43. The van der Waals surface area contributed by atoms with E-state index in [1.54, 1.807) is 17.7 Å². The third-order valence-electron chi connectivity index (χ3n) is 5.11. The molecule has 0 spiro atoms. The molecule has 0 aliphatic heterocycles. The van der Waals surface area contributed by atoms with E-state index in [9.17, 15) is 9.59 Å². The number of aryl methyl sites for hydroxylation is 1. The smallest absolute Gasteiger partial charge is 0.292 e. The predicted molar refractivity (Wildman–Crippen MR) is 113 cm³/mol. The third-order valence-corrected chi connectivity index (χ3v) is 5.11. The van der Waals surface area contributed by atoms with Crippen LogP contribution in [0.3, 0.4) is 0 Å². The lowest BCUT2D eigenvalue weighted by Crippen LogP contribution is -2.29. The van der Waals surface area contributed by atoms with E-state index in [1.807, 2.05) is 55.5 Å². The molecule has 0 fully saturated rings. The van der Waals surface area contributed by atoms with E-state index in [0.717, 1.165) is 27.9 Å². The van der Waals surface area contributed by atoms with Crippen LogP contribution in [0.4, 0.5) is 0 Å². The summed E-state index contributed by atoms with van der Waals surface area (Å²) in [6.07, 6.45) is 2.63. The first-order valence-electron chi connectivity index (χ1n) is 9.88. The molecule has 1 N–H and O–H groups in total. The Morgan fingerprint density at radius 3 is 2.40 bits per heavy atom. The Bertz CT molecular complexity index is 1220. The van der Waals surface area contributed by atoms with Crippen LogP contribution in [0.5, 0.6) is 0 Å². The number of nitrogens with one attached hydrogen (secondary N) is 1. The molecule has 2 heterocycles. The van der Waals surface area contributed by atoms with Crippen LogP contribution in [0.15, 0.2) is 59.5 Å². The van der Waals surface area contributed by atoms with Crippen molar-refractivity contribution in [2.45, 2.75) is 33.2 Å². The zero-order chi connectivity index (χ0) is 21.1. The molecule has 0 bridgehead atoms. The summed E-state index contributed by atoms with van der Waals surface area (Å²) in [5.41, 5.74) is 4.43. The SMILES string of the molecule is CCC(=O)n1cc(CC)n(Cc2ccc(-c3ccccc3-c3nn[nH]n3)cc2)c1=O. The highest BCUT2D eigenvalue weighted by Gasteiger charge is 2.15. The Labute approximate surface area is 173 Å². The summed E-state index contributed by atoms with van der Waals surface area (Å²) < 4.78 is 2.88. The van der Waals surface area contributed by atoms with Crippen LogP contribution in [-0.2, 0) is 13.0 Å². The molecule has 152 valence electrons. The van der Waals surface area contributed by atoms with Gasteiger partial charge in [0.1, 0.15) is 0 Å². The number of nitrogens with zero attached hydrogens (tertiary/aromatic N) is 5. The van der Waals surface area contributed by atoms with E-state index in [4.69, 9.17) is 0 Å². The molecule has 0 saturated heterocycles. The number of carbonyl (C=O) groups is 1. The maximum atomic E-state index is 12.7. The van der Waals surface area contributed by atoms with Crippen LogP contribution in [0, 0.1) is 0 Å². The Morgan fingerprint density at radius 2 is 1.77 bits per heavy atom. The standard InChI is InChI=1S/C22H22N6O2/c1-3-17-14-28(20(29)4-2)22(30)27(17)13-15-9-11-16(12-10-15)18-7-5-6-8-19(18)21-23-25-26-24-21/h5-12,14H,3-4,13H2,1-2H3,(H,23,24,25,26). The molecule has 0 aliphatic rings. The van der Waals surface area contributed by atoms with E-state index in [-0.39, 0.29) is 11.6 Å². The molecule has 2 aromatic heterocycles. The number of aromatic nitrogens is 6. The number of imidazole rings is 1. The highest BCUT2D eigenvalue weighted by Crippen LogP contribution is 2.29. The summed E-state index contributed by atoms with van der Waals surface area (Å²) >= 11 is 0. The minimum atomic E-state index is -0.287. The van der Waals surface area contributed by atoms with Crippen molar-refractivity contribution in [1.29, 1.82) is 0 Å². The molecule has 0 unspecified atom stereocenters. The van der Waals surface area contributed by atoms with Crippen LogP contribution in [0.25, 0.3) is 22.5 Å². The van der Waals surface area contributed by atoms with Gasteiger partial charge in [0.05, 0.1) is 6.54 Å². The third kappa shape index (κ3) is 3.59. The monoisotopic (exact) mass is 402 g/mol. The molecule has 0 amide bonds. The van der Waals surface area contributed by atoms with E-state index < -0.39 is 0 Å². The maximum Gasteiger partial charge on any atom is 0.335 e. The van der Waals surface area contributed by atoms with Gasteiger partial charge in [0, 0.05) is 23.9 Å². The lowest BCUT2D eigenvalue weighted by molar-refractivity contribution is 0.0904. The number of hydrogen-bond donors (Lipinski definition) is 1. The molecule has 2 aromatic carbocycles. The van der Waals surface area contributed by atoms with Crippen LogP contribution in [0.1, 0.15) is 36.3 Å². The summed E-state index contributed by atoms with van der Waals surface area (Å²) in [6, 6.07) is 15.9. The van der Waals surface area contributed by atoms with Crippen molar-refractivity contribution in [3.05, 3.63) is 76.5 Å². The van der Waals surface area contributed by atoms with Crippen LogP contribution < -0.4 is 5.69 Å². The van der Waals surface area contributed by atoms with E-state index >= 15 is 0 Å². The van der Waals surface area contributed by atoms with Gasteiger partial charge in [-0.25, -0.2) is 9.36 Å². The average molecular weight is 402 g/mol. The zero-order valence-corrected chi connectivity index (χ0v) is 16.9. The van der Waals surface area contributed by atoms with Crippen molar-refractivity contribution in [1.82, 2.24) is 29.8 Å². The highest BCUT2D eigenvalue weighted by atomic mass is 16.2. The fourth-order valence-corrected chi connectivity index (χ4v) is 3.51. The van der Waals surface area contributed by atoms with E-state index in [2.05, 4.69) is 20.6 Å². The molecule has 4 aromatic rings. The fourth-order valence-electron chi connectivity index (χ4n) is 3.51. The van der Waals surface area contributed by atoms with Crippen molar-refractivity contribution in [2.24, 2.45) is 0 Å². The number of rotatable bonds is 6. The lowest BCUT2D eigenvalue weighted by Gasteiger charge is -2.09. The second-order valence-corrected chi connectivity index (χ2v) is 6.94. The predicted octanol–water partition coefficient (Wildman–Crippen LogP) is 3.16. The highest BCUT2D eigenvalue weighted by molar-refractivity contribution is 5.80. The first kappa shape index (κ1) is 19.5. The molecule has 0 atom stereocenters. The fraction of sp³-hybridized carbons (Fsp3) is 0.227. The molecular weight excluding hydrogens is 380 g/mol. The molecule has 8 heteroatoms. The molecular formula is C22H22N6O2. The second kappa shape index (κ2) is 8.28. The van der Waals surface area contributed by atoms with Gasteiger partial charge in [-0.1, -0.05) is 62.4 Å².